The fraction of sp³-hybridized carbons (Fsp3) is 0.647. The van der Waals surface area contributed by atoms with Crippen LogP contribution in [0.5, 0.6) is 0 Å². The van der Waals surface area contributed by atoms with Gasteiger partial charge in [0.2, 0.25) is 0 Å². The van der Waals surface area contributed by atoms with Gasteiger partial charge in [0.15, 0.2) is 0 Å². The largest absolute Gasteiger partial charge is 0.419 e. The molecule has 0 radical (unpaired) electrons. The van der Waals surface area contributed by atoms with Gasteiger partial charge in [0.05, 0.1) is 5.56 Å². The van der Waals surface area contributed by atoms with Crippen LogP contribution in [0.25, 0.3) is 0 Å². The topological polar surface area (TPSA) is 15.3 Å². The molecular formula is C17H26Cl2F4N2. The molecule has 0 bridgehead atoms. The minimum atomic E-state index is -4.66. The van der Waals surface area contributed by atoms with E-state index in [0.29, 0.717) is 5.56 Å². The molecule has 8 heteroatoms. The third-order valence-electron chi connectivity index (χ3n) is 4.35. The number of benzene rings is 1. The highest BCUT2D eigenvalue weighted by Gasteiger charge is 2.35. The fourth-order valence-electron chi connectivity index (χ4n) is 3.11. The molecule has 1 fully saturated rings. The quantitative estimate of drug-likeness (QED) is 0.516. The van der Waals surface area contributed by atoms with Crippen LogP contribution in [0.2, 0.25) is 0 Å². The molecule has 2 rings (SSSR count). The van der Waals surface area contributed by atoms with Crippen LogP contribution < -0.4 is 5.32 Å². The first-order valence-corrected chi connectivity index (χ1v) is 8.25. The molecule has 146 valence electrons. The number of nitrogens with zero attached hydrogens (tertiary/aromatic N) is 1. The smallest absolute Gasteiger partial charge is 0.314 e. The Bertz CT molecular complexity index is 506. The highest BCUT2D eigenvalue weighted by atomic mass is 35.5. The number of piperazine rings is 1. The van der Waals surface area contributed by atoms with E-state index in [1.807, 2.05) is 0 Å². The zero-order valence-electron chi connectivity index (χ0n) is 14.2. The molecule has 1 aliphatic rings. The van der Waals surface area contributed by atoms with Crippen molar-refractivity contribution in [3.05, 3.63) is 35.1 Å². The summed E-state index contributed by atoms with van der Waals surface area (Å²) in [4.78, 5) is 2.21. The third kappa shape index (κ3) is 6.93. The number of halogens is 6. The molecule has 25 heavy (non-hydrogen) atoms. The molecule has 0 amide bonds. The molecule has 1 aromatic carbocycles. The molecule has 1 atom stereocenters. The van der Waals surface area contributed by atoms with Gasteiger partial charge in [0.1, 0.15) is 5.82 Å². The summed E-state index contributed by atoms with van der Waals surface area (Å²) in [5, 5.41) is 3.25. The SMILES string of the molecule is CCCCC[C@H](c1ccc(F)c(C(F)(F)F)c1)N1CCNCC1.Cl.Cl. The summed E-state index contributed by atoms with van der Waals surface area (Å²) in [7, 11) is 0. The van der Waals surface area contributed by atoms with Gasteiger partial charge in [-0.3, -0.25) is 4.90 Å². The van der Waals surface area contributed by atoms with Crippen LogP contribution in [0.1, 0.15) is 49.8 Å². The summed E-state index contributed by atoms with van der Waals surface area (Å²) in [5.41, 5.74) is -0.595. The maximum Gasteiger partial charge on any atom is 0.419 e. The Kier molecular flexibility index (Phi) is 11.0. The molecule has 1 heterocycles. The van der Waals surface area contributed by atoms with Gasteiger partial charge in [-0.25, -0.2) is 4.39 Å². The lowest BCUT2D eigenvalue weighted by Crippen LogP contribution is -2.45. The van der Waals surface area contributed by atoms with E-state index in [1.165, 1.54) is 6.07 Å². The van der Waals surface area contributed by atoms with Crippen LogP contribution in [0.15, 0.2) is 18.2 Å². The van der Waals surface area contributed by atoms with Gasteiger partial charge in [0, 0.05) is 32.2 Å². The molecule has 0 aliphatic carbocycles. The van der Waals surface area contributed by atoms with Crippen molar-refractivity contribution in [3.8, 4) is 0 Å². The average Bonchev–Trinajstić information content (AvgIpc) is 2.52. The molecule has 1 saturated heterocycles. The van der Waals surface area contributed by atoms with Crippen molar-refractivity contribution in [2.45, 2.75) is 44.8 Å². The van der Waals surface area contributed by atoms with E-state index < -0.39 is 17.6 Å². The maximum absolute atomic E-state index is 13.5. The lowest BCUT2D eigenvalue weighted by molar-refractivity contribution is -0.140. The Hall–Kier alpha value is -0.560. The van der Waals surface area contributed by atoms with Crippen molar-refractivity contribution in [2.24, 2.45) is 0 Å². The van der Waals surface area contributed by atoms with Crippen LogP contribution in [-0.4, -0.2) is 31.1 Å². The Labute approximate surface area is 159 Å². The first-order chi connectivity index (χ1) is 10.9. The number of hydrogen-bond donors (Lipinski definition) is 1. The van der Waals surface area contributed by atoms with E-state index in [0.717, 1.165) is 64.0 Å². The van der Waals surface area contributed by atoms with Gasteiger partial charge in [0.25, 0.3) is 0 Å². The highest BCUT2D eigenvalue weighted by molar-refractivity contribution is 5.85. The summed E-state index contributed by atoms with van der Waals surface area (Å²) < 4.78 is 52.5. The average molecular weight is 405 g/mol. The molecule has 0 unspecified atom stereocenters. The standard InChI is InChI=1S/C17H24F4N2.2ClH/c1-2-3-4-5-16(23-10-8-22-9-11-23)13-6-7-15(18)14(12-13)17(19,20)21;;/h6-7,12,16,22H,2-5,8-11H2,1H3;2*1H/t16-;;/m1../s1. The van der Waals surface area contributed by atoms with Crippen molar-refractivity contribution >= 4 is 24.8 Å². The second-order valence-electron chi connectivity index (χ2n) is 6.03. The van der Waals surface area contributed by atoms with E-state index in [1.54, 1.807) is 0 Å². The Morgan fingerprint density at radius 3 is 2.32 bits per heavy atom. The molecule has 1 aromatic rings. The third-order valence-corrected chi connectivity index (χ3v) is 4.35. The first-order valence-electron chi connectivity index (χ1n) is 8.25. The number of alkyl halides is 3. The van der Waals surface area contributed by atoms with Crippen molar-refractivity contribution in [3.63, 3.8) is 0 Å². The van der Waals surface area contributed by atoms with Gasteiger partial charge in [-0.1, -0.05) is 32.3 Å². The maximum atomic E-state index is 13.5. The van der Waals surface area contributed by atoms with E-state index in [9.17, 15) is 17.6 Å². The van der Waals surface area contributed by atoms with Crippen LogP contribution in [0.3, 0.4) is 0 Å². The summed E-state index contributed by atoms with van der Waals surface area (Å²) in [6.07, 6.45) is -0.778. The Balaban J connectivity index is 0.00000288. The summed E-state index contributed by atoms with van der Waals surface area (Å²) in [5.74, 6) is -1.20. The first kappa shape index (κ1) is 24.4. The summed E-state index contributed by atoms with van der Waals surface area (Å²) >= 11 is 0. The predicted molar refractivity (Wildman–Crippen MR) is 97.2 cm³/mol. The number of rotatable bonds is 6. The monoisotopic (exact) mass is 404 g/mol. The highest BCUT2D eigenvalue weighted by Crippen LogP contribution is 2.35. The fourth-order valence-corrected chi connectivity index (χ4v) is 3.11. The summed E-state index contributed by atoms with van der Waals surface area (Å²) in [6, 6.07) is 3.37. The minimum Gasteiger partial charge on any atom is -0.314 e. The number of nitrogens with one attached hydrogen (secondary N) is 1. The van der Waals surface area contributed by atoms with E-state index in [4.69, 9.17) is 0 Å². The van der Waals surface area contributed by atoms with Gasteiger partial charge in [-0.15, -0.1) is 24.8 Å². The zero-order chi connectivity index (χ0) is 16.9. The molecule has 0 spiro atoms. The molecule has 0 saturated carbocycles. The van der Waals surface area contributed by atoms with E-state index in [2.05, 4.69) is 17.1 Å². The molecule has 2 nitrogen and oxygen atoms in total. The van der Waals surface area contributed by atoms with Crippen LogP contribution in [-0.2, 0) is 6.18 Å². The summed E-state index contributed by atoms with van der Waals surface area (Å²) in [6.45, 7) is 5.36. The second kappa shape index (κ2) is 11.2. The minimum absolute atomic E-state index is 0. The van der Waals surface area contributed by atoms with Crippen LogP contribution in [0, 0.1) is 5.82 Å². The van der Waals surface area contributed by atoms with E-state index >= 15 is 0 Å². The molecule has 0 aromatic heterocycles. The Morgan fingerprint density at radius 1 is 1.12 bits per heavy atom. The predicted octanol–water partition coefficient (Wildman–Crippen LogP) is 5.21. The van der Waals surface area contributed by atoms with Gasteiger partial charge >= 0.3 is 6.18 Å². The van der Waals surface area contributed by atoms with Crippen molar-refractivity contribution in [1.82, 2.24) is 10.2 Å². The van der Waals surface area contributed by atoms with Crippen molar-refractivity contribution < 1.29 is 17.6 Å². The van der Waals surface area contributed by atoms with Gasteiger partial charge < -0.3 is 5.32 Å². The lowest BCUT2D eigenvalue weighted by Gasteiger charge is -2.35. The molecule has 1 N–H and O–H groups in total. The lowest BCUT2D eigenvalue weighted by atomic mass is 9.96. The van der Waals surface area contributed by atoms with Gasteiger partial charge in [-0.05, 0) is 24.1 Å². The normalized spacial score (nSPS) is 16.7. The van der Waals surface area contributed by atoms with E-state index in [-0.39, 0.29) is 30.9 Å². The molecule has 1 aliphatic heterocycles. The Morgan fingerprint density at radius 2 is 1.76 bits per heavy atom. The van der Waals surface area contributed by atoms with Crippen LogP contribution in [0.4, 0.5) is 17.6 Å². The number of hydrogen-bond acceptors (Lipinski definition) is 2. The van der Waals surface area contributed by atoms with Crippen molar-refractivity contribution in [2.75, 3.05) is 26.2 Å². The molecular weight excluding hydrogens is 379 g/mol. The van der Waals surface area contributed by atoms with Crippen LogP contribution >= 0.6 is 24.8 Å². The van der Waals surface area contributed by atoms with Crippen molar-refractivity contribution in [1.29, 1.82) is 0 Å². The van der Waals surface area contributed by atoms with Gasteiger partial charge in [-0.2, -0.15) is 13.2 Å². The second-order valence-corrected chi connectivity index (χ2v) is 6.03. The zero-order valence-corrected chi connectivity index (χ0v) is 15.9. The number of unbranched alkanes of at least 4 members (excludes halogenated alkanes) is 2.